The van der Waals surface area contributed by atoms with E-state index in [1.165, 1.54) is 5.56 Å². The fourth-order valence-corrected chi connectivity index (χ4v) is 1.94. The smallest absolute Gasteiger partial charge is 0.220 e. The van der Waals surface area contributed by atoms with E-state index in [1.54, 1.807) is 7.11 Å². The summed E-state index contributed by atoms with van der Waals surface area (Å²) in [5, 5.41) is 2.86. The fraction of sp³-hybridized carbons (Fsp3) is 0.562. The zero-order valence-electron chi connectivity index (χ0n) is 12.7. The summed E-state index contributed by atoms with van der Waals surface area (Å²) in [7, 11) is 1.63. The molecule has 0 aromatic heterocycles. The van der Waals surface area contributed by atoms with Gasteiger partial charge in [-0.2, -0.15) is 0 Å². The number of amides is 1. The van der Waals surface area contributed by atoms with Crippen LogP contribution in [0.25, 0.3) is 0 Å². The molecular formula is C16H26N2O2. The molecule has 0 fully saturated rings. The Morgan fingerprint density at radius 1 is 1.25 bits per heavy atom. The number of methoxy groups -OCH3 is 1. The maximum Gasteiger partial charge on any atom is 0.220 e. The van der Waals surface area contributed by atoms with Gasteiger partial charge in [0.1, 0.15) is 0 Å². The van der Waals surface area contributed by atoms with E-state index in [9.17, 15) is 4.79 Å². The number of rotatable bonds is 8. The van der Waals surface area contributed by atoms with Gasteiger partial charge in [0.15, 0.2) is 0 Å². The Morgan fingerprint density at radius 3 is 2.40 bits per heavy atom. The molecule has 20 heavy (non-hydrogen) atoms. The minimum Gasteiger partial charge on any atom is -0.385 e. The molecule has 4 heteroatoms. The predicted molar refractivity (Wildman–Crippen MR) is 81.6 cm³/mol. The summed E-state index contributed by atoms with van der Waals surface area (Å²) in [5.74, 6) is 0.539. The monoisotopic (exact) mass is 278 g/mol. The van der Waals surface area contributed by atoms with E-state index in [0.29, 0.717) is 25.5 Å². The van der Waals surface area contributed by atoms with E-state index in [1.807, 2.05) is 12.1 Å². The highest BCUT2D eigenvalue weighted by Crippen LogP contribution is 2.17. The standard InChI is InChI=1S/C16H26N2O2/c1-12(2)13-6-8-14(9-7-13)15(17)11-18-16(19)5-4-10-20-3/h6-9,12,15H,4-5,10-11,17H2,1-3H3,(H,18,19). The van der Waals surface area contributed by atoms with Crippen molar-refractivity contribution in [1.82, 2.24) is 5.32 Å². The van der Waals surface area contributed by atoms with Crippen molar-refractivity contribution in [2.24, 2.45) is 5.73 Å². The van der Waals surface area contributed by atoms with Crippen LogP contribution in [0.2, 0.25) is 0 Å². The number of nitrogens with two attached hydrogens (primary N) is 1. The third-order valence-electron chi connectivity index (χ3n) is 3.30. The molecule has 0 radical (unpaired) electrons. The van der Waals surface area contributed by atoms with Gasteiger partial charge in [0.25, 0.3) is 0 Å². The molecule has 112 valence electrons. The van der Waals surface area contributed by atoms with Crippen LogP contribution >= 0.6 is 0 Å². The molecule has 4 nitrogen and oxygen atoms in total. The molecule has 0 aliphatic rings. The first-order valence-corrected chi connectivity index (χ1v) is 7.15. The van der Waals surface area contributed by atoms with Gasteiger partial charge in [-0.1, -0.05) is 38.1 Å². The second-order valence-corrected chi connectivity index (χ2v) is 5.33. The maximum absolute atomic E-state index is 11.6. The van der Waals surface area contributed by atoms with Crippen molar-refractivity contribution in [1.29, 1.82) is 0 Å². The number of ether oxygens (including phenoxy) is 1. The van der Waals surface area contributed by atoms with Crippen molar-refractivity contribution in [3.63, 3.8) is 0 Å². The van der Waals surface area contributed by atoms with Crippen LogP contribution in [0.1, 0.15) is 49.8 Å². The van der Waals surface area contributed by atoms with Gasteiger partial charge in [-0.3, -0.25) is 4.79 Å². The highest BCUT2D eigenvalue weighted by Gasteiger charge is 2.08. The van der Waals surface area contributed by atoms with Crippen molar-refractivity contribution in [2.45, 2.75) is 38.6 Å². The lowest BCUT2D eigenvalue weighted by Gasteiger charge is -2.14. The van der Waals surface area contributed by atoms with Crippen molar-refractivity contribution in [2.75, 3.05) is 20.3 Å². The largest absolute Gasteiger partial charge is 0.385 e. The molecule has 1 unspecified atom stereocenters. The summed E-state index contributed by atoms with van der Waals surface area (Å²) < 4.78 is 4.91. The number of hydrogen-bond donors (Lipinski definition) is 2. The number of carbonyl (C=O) groups excluding carboxylic acids is 1. The molecule has 0 aliphatic carbocycles. The van der Waals surface area contributed by atoms with E-state index in [4.69, 9.17) is 10.5 Å². The third-order valence-corrected chi connectivity index (χ3v) is 3.30. The van der Waals surface area contributed by atoms with Crippen molar-refractivity contribution >= 4 is 5.91 Å². The second kappa shape index (κ2) is 8.72. The molecule has 0 spiro atoms. The number of hydrogen-bond acceptors (Lipinski definition) is 3. The van der Waals surface area contributed by atoms with Crippen LogP contribution in [0, 0.1) is 0 Å². The van der Waals surface area contributed by atoms with E-state index >= 15 is 0 Å². The van der Waals surface area contributed by atoms with E-state index in [-0.39, 0.29) is 11.9 Å². The minimum absolute atomic E-state index is 0.0244. The topological polar surface area (TPSA) is 64.3 Å². The molecule has 0 saturated carbocycles. The predicted octanol–water partition coefficient (Wildman–Crippen LogP) is 2.35. The molecule has 0 saturated heterocycles. The third kappa shape index (κ3) is 5.72. The highest BCUT2D eigenvalue weighted by atomic mass is 16.5. The number of nitrogens with one attached hydrogen (secondary N) is 1. The first-order valence-electron chi connectivity index (χ1n) is 7.15. The molecule has 1 amide bonds. The van der Waals surface area contributed by atoms with Gasteiger partial charge < -0.3 is 15.8 Å². The molecule has 1 rings (SSSR count). The number of benzene rings is 1. The molecule has 0 bridgehead atoms. The zero-order valence-corrected chi connectivity index (χ0v) is 12.7. The van der Waals surface area contributed by atoms with E-state index < -0.39 is 0 Å². The zero-order chi connectivity index (χ0) is 15.0. The Morgan fingerprint density at radius 2 is 1.85 bits per heavy atom. The van der Waals surface area contributed by atoms with Gasteiger partial charge in [0.2, 0.25) is 5.91 Å². The number of carbonyl (C=O) groups is 1. The van der Waals surface area contributed by atoms with Crippen molar-refractivity contribution in [3.8, 4) is 0 Å². The summed E-state index contributed by atoms with van der Waals surface area (Å²) >= 11 is 0. The SMILES string of the molecule is COCCCC(=O)NCC(N)c1ccc(C(C)C)cc1. The van der Waals surface area contributed by atoms with Gasteiger partial charge in [0.05, 0.1) is 0 Å². The first-order chi connectivity index (χ1) is 9.54. The summed E-state index contributed by atoms with van der Waals surface area (Å²) in [6.45, 7) is 5.40. The van der Waals surface area contributed by atoms with Crippen LogP contribution in [0.4, 0.5) is 0 Å². The maximum atomic E-state index is 11.6. The molecule has 3 N–H and O–H groups in total. The lowest BCUT2D eigenvalue weighted by molar-refractivity contribution is -0.121. The van der Waals surface area contributed by atoms with E-state index in [0.717, 1.165) is 12.0 Å². The summed E-state index contributed by atoms with van der Waals surface area (Å²) in [5.41, 5.74) is 8.43. The minimum atomic E-state index is -0.164. The van der Waals surface area contributed by atoms with Crippen molar-refractivity contribution < 1.29 is 9.53 Å². The van der Waals surface area contributed by atoms with Crippen LogP contribution in [0.15, 0.2) is 24.3 Å². The van der Waals surface area contributed by atoms with Crippen molar-refractivity contribution in [3.05, 3.63) is 35.4 Å². The summed E-state index contributed by atoms with van der Waals surface area (Å²) in [4.78, 5) is 11.6. The van der Waals surface area contributed by atoms with Crippen LogP contribution in [-0.4, -0.2) is 26.2 Å². The van der Waals surface area contributed by atoms with Crippen LogP contribution in [-0.2, 0) is 9.53 Å². The lowest BCUT2D eigenvalue weighted by Crippen LogP contribution is -2.31. The summed E-state index contributed by atoms with van der Waals surface area (Å²) in [6, 6.07) is 8.11. The fourth-order valence-electron chi connectivity index (χ4n) is 1.94. The Labute approximate surface area is 121 Å². The highest BCUT2D eigenvalue weighted by molar-refractivity contribution is 5.75. The quantitative estimate of drug-likeness (QED) is 0.717. The molecular weight excluding hydrogens is 252 g/mol. The Bertz CT molecular complexity index is 401. The molecule has 0 aliphatic heterocycles. The van der Waals surface area contributed by atoms with Crippen LogP contribution < -0.4 is 11.1 Å². The van der Waals surface area contributed by atoms with Gasteiger partial charge in [0, 0.05) is 32.7 Å². The molecule has 1 atom stereocenters. The van der Waals surface area contributed by atoms with Gasteiger partial charge in [-0.15, -0.1) is 0 Å². The lowest BCUT2D eigenvalue weighted by atomic mass is 9.99. The normalized spacial score (nSPS) is 12.4. The van der Waals surface area contributed by atoms with Gasteiger partial charge >= 0.3 is 0 Å². The van der Waals surface area contributed by atoms with E-state index in [2.05, 4.69) is 31.3 Å². The molecule has 0 heterocycles. The van der Waals surface area contributed by atoms with Gasteiger partial charge in [-0.25, -0.2) is 0 Å². The van der Waals surface area contributed by atoms with Crippen LogP contribution in [0.5, 0.6) is 0 Å². The molecule has 1 aromatic rings. The first kappa shape index (κ1) is 16.7. The van der Waals surface area contributed by atoms with Gasteiger partial charge in [-0.05, 0) is 23.5 Å². The Kier molecular flexibility index (Phi) is 7.26. The Hall–Kier alpha value is -1.39. The molecule has 1 aromatic carbocycles. The average Bonchev–Trinajstić information content (AvgIpc) is 2.45. The summed E-state index contributed by atoms with van der Waals surface area (Å²) in [6.07, 6.45) is 1.22. The second-order valence-electron chi connectivity index (χ2n) is 5.33. The average molecular weight is 278 g/mol. The Balaban J connectivity index is 2.38. The van der Waals surface area contributed by atoms with Crippen LogP contribution in [0.3, 0.4) is 0 Å².